The number of hydrazine groups is 1. The zero-order chi connectivity index (χ0) is 14.1. The van der Waals surface area contributed by atoms with Crippen LogP contribution in [0.5, 0.6) is 0 Å². The van der Waals surface area contributed by atoms with Crippen LogP contribution in [0.4, 0.5) is 0 Å². The van der Waals surface area contributed by atoms with Crippen molar-refractivity contribution in [3.05, 3.63) is 61.8 Å². The van der Waals surface area contributed by atoms with E-state index >= 15 is 0 Å². The molecular formula is C13H15N5O. The highest BCUT2D eigenvalue weighted by atomic mass is 16.2. The average Bonchev–Trinajstić information content (AvgIpc) is 2.89. The molecule has 1 amide bonds. The molecule has 0 radical (unpaired) electrons. The van der Waals surface area contributed by atoms with Crippen molar-refractivity contribution >= 4 is 17.7 Å². The van der Waals surface area contributed by atoms with E-state index < -0.39 is 5.91 Å². The third kappa shape index (κ3) is 4.57. The number of nitrogens with zero attached hydrogens (tertiary/aromatic N) is 3. The summed E-state index contributed by atoms with van der Waals surface area (Å²) >= 11 is 0. The Balaban J connectivity index is 2.93. The van der Waals surface area contributed by atoms with Gasteiger partial charge in [0, 0.05) is 17.8 Å². The summed E-state index contributed by atoms with van der Waals surface area (Å²) in [5.74, 6) is 5.03. The third-order valence-corrected chi connectivity index (χ3v) is 2.00. The van der Waals surface area contributed by atoms with Crippen LogP contribution in [0.1, 0.15) is 5.82 Å². The molecule has 0 aromatic carbocycles. The lowest BCUT2D eigenvalue weighted by Crippen LogP contribution is -2.28. The van der Waals surface area contributed by atoms with Gasteiger partial charge in [0.2, 0.25) is 0 Å². The first-order valence-electron chi connectivity index (χ1n) is 5.43. The first-order chi connectivity index (χ1) is 9.21. The van der Waals surface area contributed by atoms with Crippen LogP contribution in [0, 0.1) is 0 Å². The molecule has 0 aliphatic rings. The fourth-order valence-electron chi connectivity index (χ4n) is 1.17. The molecule has 1 heterocycles. The lowest BCUT2D eigenvalue weighted by Gasteiger charge is -1.94. The second-order valence-corrected chi connectivity index (χ2v) is 3.33. The predicted octanol–water partition coefficient (Wildman–Crippen LogP) is 1.05. The van der Waals surface area contributed by atoms with Crippen LogP contribution >= 0.6 is 0 Å². The van der Waals surface area contributed by atoms with Gasteiger partial charge in [-0.05, 0) is 0 Å². The van der Waals surface area contributed by atoms with E-state index in [0.717, 1.165) is 5.57 Å². The Labute approximate surface area is 111 Å². The van der Waals surface area contributed by atoms with E-state index in [4.69, 9.17) is 5.84 Å². The molecule has 0 spiro atoms. The Morgan fingerprint density at radius 2 is 2.16 bits per heavy atom. The molecule has 0 aliphatic carbocycles. The lowest BCUT2D eigenvalue weighted by molar-refractivity contribution is -0.116. The summed E-state index contributed by atoms with van der Waals surface area (Å²) in [6, 6.07) is 0. The average molecular weight is 257 g/mol. The molecule has 19 heavy (non-hydrogen) atoms. The number of nitrogens with one attached hydrogen (secondary N) is 1. The Bertz CT molecular complexity index is 551. The number of hydrogen-bond acceptors (Lipinski definition) is 4. The zero-order valence-electron chi connectivity index (χ0n) is 10.4. The quantitative estimate of drug-likeness (QED) is 0.262. The maximum absolute atomic E-state index is 10.9. The van der Waals surface area contributed by atoms with Gasteiger partial charge < -0.3 is 0 Å². The van der Waals surface area contributed by atoms with Crippen LogP contribution in [0.3, 0.4) is 0 Å². The molecule has 0 aliphatic heterocycles. The van der Waals surface area contributed by atoms with E-state index in [1.807, 2.05) is 11.5 Å². The van der Waals surface area contributed by atoms with Crippen molar-refractivity contribution in [1.29, 1.82) is 0 Å². The van der Waals surface area contributed by atoms with Gasteiger partial charge in [-0.25, -0.2) is 15.5 Å². The van der Waals surface area contributed by atoms with Gasteiger partial charge in [-0.15, -0.1) is 5.10 Å². The summed E-state index contributed by atoms with van der Waals surface area (Å²) in [6.45, 7) is 7.23. The summed E-state index contributed by atoms with van der Waals surface area (Å²) in [5, 5.41) is 4.18. The molecule has 0 fully saturated rings. The van der Waals surface area contributed by atoms with Gasteiger partial charge in [-0.2, -0.15) is 0 Å². The number of hydrogen-bond donors (Lipinski definition) is 2. The number of rotatable bonds is 6. The number of aromatic nitrogens is 3. The second-order valence-electron chi connectivity index (χ2n) is 3.33. The van der Waals surface area contributed by atoms with Crippen LogP contribution < -0.4 is 11.3 Å². The van der Waals surface area contributed by atoms with Crippen molar-refractivity contribution in [1.82, 2.24) is 20.2 Å². The summed E-state index contributed by atoms with van der Waals surface area (Å²) in [7, 11) is 0. The zero-order valence-corrected chi connectivity index (χ0v) is 10.4. The molecule has 0 atom stereocenters. The van der Waals surface area contributed by atoms with Crippen molar-refractivity contribution < 1.29 is 4.79 Å². The minimum atomic E-state index is -0.425. The number of carbonyl (C=O) groups is 1. The van der Waals surface area contributed by atoms with Gasteiger partial charge in [0.05, 0.1) is 0 Å². The maximum Gasteiger partial charge on any atom is 0.259 e. The molecule has 6 heteroatoms. The SMILES string of the molecule is C=C/C=C\C(=C/C=C)c1ncn(/C=C\C(=O)NN)n1. The molecule has 1 aromatic heterocycles. The smallest absolute Gasteiger partial charge is 0.259 e. The van der Waals surface area contributed by atoms with Crippen LogP contribution in [-0.2, 0) is 4.79 Å². The molecule has 0 saturated carbocycles. The Morgan fingerprint density at radius 1 is 1.37 bits per heavy atom. The summed E-state index contributed by atoms with van der Waals surface area (Å²) in [6.07, 6.45) is 12.8. The highest BCUT2D eigenvalue weighted by Gasteiger charge is 2.02. The van der Waals surface area contributed by atoms with Gasteiger partial charge in [0.25, 0.3) is 5.91 Å². The van der Waals surface area contributed by atoms with E-state index in [1.54, 1.807) is 24.3 Å². The first kappa shape index (κ1) is 14.3. The van der Waals surface area contributed by atoms with Crippen LogP contribution in [0.15, 0.2) is 55.9 Å². The van der Waals surface area contributed by atoms with E-state index in [9.17, 15) is 4.79 Å². The Kier molecular flexibility index (Phi) is 5.71. The standard InChI is InChI=1S/C13H15N5O/c1-3-5-7-11(6-4-2)13-15-10-18(17-13)9-8-12(19)16-14/h3-10H,1-2,14H2,(H,16,19)/b7-5-,9-8-,11-6+. The molecule has 1 rings (SSSR count). The monoisotopic (exact) mass is 257 g/mol. The van der Waals surface area contributed by atoms with E-state index in [2.05, 4.69) is 23.2 Å². The van der Waals surface area contributed by atoms with Gasteiger partial charge in [0.1, 0.15) is 6.33 Å². The fourth-order valence-corrected chi connectivity index (χ4v) is 1.17. The molecule has 3 N–H and O–H groups in total. The fraction of sp³-hybridized carbons (Fsp3) is 0. The molecule has 0 unspecified atom stereocenters. The first-order valence-corrected chi connectivity index (χ1v) is 5.43. The Morgan fingerprint density at radius 3 is 2.79 bits per heavy atom. The molecular weight excluding hydrogens is 242 g/mol. The van der Waals surface area contributed by atoms with E-state index in [1.165, 1.54) is 23.3 Å². The Hall–Kier alpha value is -2.73. The van der Waals surface area contributed by atoms with Crippen LogP contribution in [-0.4, -0.2) is 20.7 Å². The van der Waals surface area contributed by atoms with Gasteiger partial charge in [-0.3, -0.25) is 10.2 Å². The topological polar surface area (TPSA) is 85.8 Å². The summed E-state index contributed by atoms with van der Waals surface area (Å²) in [5.41, 5.74) is 2.76. The highest BCUT2D eigenvalue weighted by Crippen LogP contribution is 2.11. The number of allylic oxidation sites excluding steroid dienone is 6. The lowest BCUT2D eigenvalue weighted by atomic mass is 10.2. The normalized spacial score (nSPS) is 11.9. The highest BCUT2D eigenvalue weighted by molar-refractivity contribution is 5.89. The van der Waals surface area contributed by atoms with Crippen molar-refractivity contribution in [2.24, 2.45) is 5.84 Å². The van der Waals surface area contributed by atoms with Crippen molar-refractivity contribution in [2.75, 3.05) is 0 Å². The molecule has 1 aromatic rings. The van der Waals surface area contributed by atoms with E-state index in [-0.39, 0.29) is 0 Å². The van der Waals surface area contributed by atoms with Gasteiger partial charge in [-0.1, -0.05) is 43.5 Å². The van der Waals surface area contributed by atoms with Crippen molar-refractivity contribution in [3.8, 4) is 0 Å². The minimum Gasteiger partial charge on any atom is -0.291 e. The molecule has 6 nitrogen and oxygen atoms in total. The van der Waals surface area contributed by atoms with Gasteiger partial charge in [0.15, 0.2) is 5.82 Å². The van der Waals surface area contributed by atoms with E-state index in [0.29, 0.717) is 5.82 Å². The minimum absolute atomic E-state index is 0.425. The summed E-state index contributed by atoms with van der Waals surface area (Å²) < 4.78 is 1.41. The molecule has 0 saturated heterocycles. The van der Waals surface area contributed by atoms with Crippen molar-refractivity contribution in [2.45, 2.75) is 0 Å². The number of amides is 1. The number of carbonyl (C=O) groups excluding carboxylic acids is 1. The maximum atomic E-state index is 10.9. The largest absolute Gasteiger partial charge is 0.291 e. The van der Waals surface area contributed by atoms with Crippen molar-refractivity contribution in [3.63, 3.8) is 0 Å². The summed E-state index contributed by atoms with van der Waals surface area (Å²) in [4.78, 5) is 15.1. The molecule has 0 bridgehead atoms. The van der Waals surface area contributed by atoms with Crippen LogP contribution in [0.25, 0.3) is 11.8 Å². The molecule has 98 valence electrons. The van der Waals surface area contributed by atoms with Gasteiger partial charge >= 0.3 is 0 Å². The number of nitrogens with two attached hydrogens (primary N) is 1. The predicted molar refractivity (Wildman–Crippen MR) is 75.2 cm³/mol. The van der Waals surface area contributed by atoms with Crippen LogP contribution in [0.2, 0.25) is 0 Å². The third-order valence-electron chi connectivity index (χ3n) is 2.00. The second kappa shape index (κ2) is 7.57.